The second-order valence-electron chi connectivity index (χ2n) is 23.9. The van der Waals surface area contributed by atoms with Crippen LogP contribution in [0.3, 0.4) is 0 Å². The van der Waals surface area contributed by atoms with Gasteiger partial charge in [0.05, 0.1) is 0 Å². The Kier molecular flexibility index (Phi) is 9.35. The SMILES string of the molecule is [2H]C([2H])([2H])N1[C]2=[Pt]=[C]3N(c4cc(cc(C(C)(C)C)c4)N(c4cc(C)c(N5c6cccc(c6)N6[C](=[Pt]=[C]7N(c8cc5cc(C(C)(C)C)c8)c5ccccc5N7C([2H])([2H])[2H])N(C([2H])([2H])[2H])c5ccccc56)cc4C)c4cccc(c4)N2c2ccccc21)c1ccccc1N3C([2H])([2H])[2H]. The number of hydrogen-bond donors (Lipinski definition) is 0. The third-order valence-corrected chi connectivity index (χ3v) is 22.5. The van der Waals surface area contributed by atoms with Crippen molar-refractivity contribution in [1.82, 2.24) is 0 Å². The molecule has 0 amide bonds. The minimum absolute atomic E-state index is 0.432. The Morgan fingerprint density at radius 2 is 0.524 bits per heavy atom. The maximum atomic E-state index is 9.25. The van der Waals surface area contributed by atoms with E-state index >= 15 is 0 Å². The molecule has 0 saturated heterocycles. The summed E-state index contributed by atoms with van der Waals surface area (Å²) in [5.74, 6) is 0. The zero-order valence-electron chi connectivity index (χ0n) is 59.6. The fourth-order valence-corrected chi connectivity index (χ4v) is 18.4. The molecular weight excluding hydrogens is 1400 g/mol. The molecule has 0 unspecified atom stereocenters. The van der Waals surface area contributed by atoms with Gasteiger partial charge in [-0.25, -0.2) is 0 Å². The van der Waals surface area contributed by atoms with Crippen LogP contribution in [0.15, 0.2) is 194 Å². The minimum atomic E-state index is -2.67. The maximum absolute atomic E-state index is 9.25. The second kappa shape index (κ2) is 19.2. The molecule has 6 heterocycles. The molecule has 12 heteroatoms. The third-order valence-electron chi connectivity index (χ3n) is 16.4. The van der Waals surface area contributed by atoms with E-state index in [1.807, 2.05) is 141 Å². The molecule has 0 fully saturated rings. The van der Waals surface area contributed by atoms with Crippen LogP contribution in [0.5, 0.6) is 0 Å². The average Bonchev–Trinajstić information content (AvgIpc) is 1.56. The van der Waals surface area contributed by atoms with Crippen molar-refractivity contribution in [3.8, 4) is 0 Å². The number of para-hydroxylation sites is 8. The molecule has 0 spiro atoms. The molecule has 15 rings (SSSR count). The molecule has 426 valence electrons. The van der Waals surface area contributed by atoms with Crippen molar-refractivity contribution >= 4 is 119 Å². The molecule has 0 radical (unpaired) electrons. The topological polar surface area (TPSA) is 32.4 Å². The van der Waals surface area contributed by atoms with Crippen molar-refractivity contribution < 1.29 is 51.7 Å². The summed E-state index contributed by atoms with van der Waals surface area (Å²) in [7, 11) is 0. The summed E-state index contributed by atoms with van der Waals surface area (Å²) in [5.41, 5.74) is 15.1. The van der Waals surface area contributed by atoms with Gasteiger partial charge in [-0.1, -0.05) is 0 Å². The predicted octanol–water partition coefficient (Wildman–Crippen LogP) is 16.7. The van der Waals surface area contributed by atoms with Gasteiger partial charge in [0.25, 0.3) is 0 Å². The predicted molar refractivity (Wildman–Crippen MR) is 351 cm³/mol. The van der Waals surface area contributed by atoms with Gasteiger partial charge in [0.1, 0.15) is 0 Å². The number of rotatable bonds is 2. The van der Waals surface area contributed by atoms with Crippen LogP contribution in [0.2, 0.25) is 0 Å². The fraction of sp³-hybridized carbons (Fsp3) is 0.194. The number of anilines is 18. The van der Waals surface area contributed by atoms with Gasteiger partial charge in [-0.2, -0.15) is 0 Å². The van der Waals surface area contributed by atoms with E-state index in [0.29, 0.717) is 84.8 Å². The van der Waals surface area contributed by atoms with Gasteiger partial charge in [0.15, 0.2) is 0 Å². The van der Waals surface area contributed by atoms with Crippen LogP contribution >= 0.6 is 0 Å². The van der Waals surface area contributed by atoms with E-state index in [9.17, 15) is 16.4 Å². The van der Waals surface area contributed by atoms with E-state index in [0.717, 1.165) is 56.4 Å². The summed E-state index contributed by atoms with van der Waals surface area (Å²) in [4.78, 5) is 18.4. The van der Waals surface area contributed by atoms with Crippen molar-refractivity contribution in [2.75, 3.05) is 76.9 Å². The van der Waals surface area contributed by atoms with Crippen LogP contribution < -0.4 is 49.0 Å². The van der Waals surface area contributed by atoms with E-state index < -0.39 is 74.0 Å². The summed E-state index contributed by atoms with van der Waals surface area (Å²) < 4.78 is 113. The Balaban J connectivity index is 1.00. The molecule has 6 aliphatic heterocycles. The quantitative estimate of drug-likeness (QED) is 0.167. The van der Waals surface area contributed by atoms with Crippen molar-refractivity contribution in [2.45, 2.75) is 66.2 Å². The average molecular weight is 1480 g/mol. The second-order valence-corrected chi connectivity index (χ2v) is 29.1. The van der Waals surface area contributed by atoms with Crippen LogP contribution in [0.25, 0.3) is 0 Å². The van der Waals surface area contributed by atoms with E-state index in [-0.39, 0.29) is 0 Å². The number of aryl methyl sites for hydroxylation is 2. The van der Waals surface area contributed by atoms with Crippen LogP contribution in [0.4, 0.5) is 102 Å². The van der Waals surface area contributed by atoms with Crippen LogP contribution in [-0.4, -0.2) is 44.5 Å². The summed E-state index contributed by atoms with van der Waals surface area (Å²) in [6.45, 7) is 6.55. The fourth-order valence-electron chi connectivity index (χ4n) is 12.1. The van der Waals surface area contributed by atoms with Crippen molar-refractivity contribution in [2.24, 2.45) is 0 Å². The number of fused-ring (bicyclic) bond motifs is 24. The van der Waals surface area contributed by atoms with Gasteiger partial charge in [0, 0.05) is 0 Å². The molecule has 0 N–H and O–H groups in total. The Bertz CT molecular complexity index is 4610. The van der Waals surface area contributed by atoms with Gasteiger partial charge < -0.3 is 0 Å². The molecule has 10 nitrogen and oxygen atoms in total. The molecule has 0 aliphatic carbocycles. The van der Waals surface area contributed by atoms with Crippen molar-refractivity contribution in [1.29, 1.82) is 0 Å². The first-order valence-corrected chi connectivity index (χ1v) is 32.5. The van der Waals surface area contributed by atoms with Gasteiger partial charge in [-0.15, -0.1) is 0 Å². The van der Waals surface area contributed by atoms with E-state index in [1.54, 1.807) is 0 Å². The summed E-state index contributed by atoms with van der Waals surface area (Å²) >= 11 is -3.39. The van der Waals surface area contributed by atoms with Crippen molar-refractivity contribution in [3.63, 3.8) is 0 Å². The first kappa shape index (κ1) is 41.0. The molecule has 0 atom stereocenters. The number of benzene rings is 9. The zero-order valence-corrected chi connectivity index (χ0v) is 52.1. The molecule has 84 heavy (non-hydrogen) atoms. The van der Waals surface area contributed by atoms with Gasteiger partial charge >= 0.3 is 530 Å². The Labute approximate surface area is 527 Å². The molecule has 0 saturated carbocycles. The normalized spacial score (nSPS) is 18.8. The Morgan fingerprint density at radius 1 is 0.274 bits per heavy atom. The zero-order chi connectivity index (χ0) is 67.8. The van der Waals surface area contributed by atoms with E-state index in [4.69, 9.17) is 0 Å². The van der Waals surface area contributed by atoms with Crippen LogP contribution in [-0.2, 0) is 46.1 Å². The van der Waals surface area contributed by atoms with E-state index in [2.05, 4.69) is 138 Å². The number of hydrogen-bond acceptors (Lipinski definition) is 10. The van der Waals surface area contributed by atoms with Crippen LogP contribution in [0, 0.1) is 13.8 Å². The first-order valence-electron chi connectivity index (χ1n) is 33.9. The van der Waals surface area contributed by atoms with Crippen molar-refractivity contribution in [3.05, 3.63) is 216 Å². The Morgan fingerprint density at radius 3 is 0.810 bits per heavy atom. The van der Waals surface area contributed by atoms with E-state index in [1.165, 1.54) is 19.6 Å². The monoisotopic (exact) mass is 1470 g/mol. The van der Waals surface area contributed by atoms with Gasteiger partial charge in [-0.05, 0) is 0 Å². The Hall–Kier alpha value is -8.16. The summed E-state index contributed by atoms with van der Waals surface area (Å²) in [6, 6.07) is 63.7. The van der Waals surface area contributed by atoms with Crippen LogP contribution in [0.1, 0.15) is 80.2 Å². The van der Waals surface area contributed by atoms with Gasteiger partial charge in [-0.3, -0.25) is 0 Å². The summed E-state index contributed by atoms with van der Waals surface area (Å²) in [6.07, 6.45) is 0. The number of nitrogens with zero attached hydrogens (tertiary/aromatic N) is 10. The molecule has 9 aromatic carbocycles. The first-order chi connectivity index (χ1) is 45.3. The summed E-state index contributed by atoms with van der Waals surface area (Å²) in [5, 5.41) is 0. The van der Waals surface area contributed by atoms with Gasteiger partial charge in [0.2, 0.25) is 0 Å². The third kappa shape index (κ3) is 8.11. The molecule has 8 bridgehead atoms. The molecule has 6 aliphatic rings. The molecule has 9 aromatic rings. The standard InChI is InChI=1S/C72H68N10.2Pt/c1-49-35-70(82(56-26-22-24-54(42-56)78-46-74(10)62-28-14-18-32-66(62)78)60-40-52(72(6,7)8)38-58(44-60)80-48-76(12)64-30-16-20-34-68(64)80)50(2)36-69(49)81(55-25-21-23-53(41-55)77-45-73(9)61-27-13-17-31-65(61)77)59-39-51(71(3,4)5)37-57(43-59)79-47-75(11)63-29-15-19-33-67(63)79;;/h13-44H,1-12H3;;/i9D3,10D3,11D3,12D3;;. The molecular formula is C72H68N10Pt2. The molecule has 0 aromatic heterocycles.